The van der Waals surface area contributed by atoms with Gasteiger partial charge < -0.3 is 4.74 Å². The highest BCUT2D eigenvalue weighted by Crippen LogP contribution is 2.42. The first-order chi connectivity index (χ1) is 9.33. The van der Waals surface area contributed by atoms with Gasteiger partial charge in [0, 0.05) is 11.8 Å². The first kappa shape index (κ1) is 16.2. The molecule has 0 unspecified atom stereocenters. The van der Waals surface area contributed by atoms with Crippen LogP contribution in [0.3, 0.4) is 0 Å². The summed E-state index contributed by atoms with van der Waals surface area (Å²) in [6.07, 6.45) is 9.55. The van der Waals surface area contributed by atoms with E-state index in [9.17, 15) is 9.59 Å². The van der Waals surface area contributed by atoms with Crippen molar-refractivity contribution in [1.82, 2.24) is 0 Å². The van der Waals surface area contributed by atoms with Gasteiger partial charge in [-0.25, -0.2) is 0 Å². The van der Waals surface area contributed by atoms with Crippen LogP contribution in [0.25, 0.3) is 0 Å². The normalized spacial score (nSPS) is 25.9. The van der Waals surface area contributed by atoms with Crippen LogP contribution in [0.15, 0.2) is 25.3 Å². The van der Waals surface area contributed by atoms with Crippen molar-refractivity contribution < 1.29 is 14.3 Å². The molecule has 1 fully saturated rings. The van der Waals surface area contributed by atoms with E-state index in [-0.39, 0.29) is 11.2 Å². The Kier molecular flexibility index (Phi) is 4.94. The van der Waals surface area contributed by atoms with E-state index in [2.05, 4.69) is 19.1 Å². The molecule has 0 aromatic heterocycles. The molecular formula is C17H22O3. The summed E-state index contributed by atoms with van der Waals surface area (Å²) in [7, 11) is 0. The molecule has 0 aromatic rings. The minimum atomic E-state index is -1.12. The Morgan fingerprint density at radius 3 is 2.55 bits per heavy atom. The molecule has 1 saturated heterocycles. The Morgan fingerprint density at radius 1 is 1.40 bits per heavy atom. The fourth-order valence-electron chi connectivity index (χ4n) is 2.37. The number of terminal acetylenes is 1. The number of esters is 1. The molecule has 0 saturated carbocycles. The number of ether oxygens (including phenoxy) is 1. The van der Waals surface area contributed by atoms with Crippen LogP contribution in [-0.4, -0.2) is 17.9 Å². The van der Waals surface area contributed by atoms with Gasteiger partial charge in [0.2, 0.25) is 0 Å². The van der Waals surface area contributed by atoms with Gasteiger partial charge in [-0.2, -0.15) is 0 Å². The van der Waals surface area contributed by atoms with Crippen LogP contribution in [0, 0.1) is 23.2 Å². The van der Waals surface area contributed by atoms with Crippen molar-refractivity contribution in [3.63, 3.8) is 0 Å². The van der Waals surface area contributed by atoms with Gasteiger partial charge in [-0.3, -0.25) is 9.59 Å². The number of carbonyl (C=O) groups is 2. The second-order valence-electron chi connectivity index (χ2n) is 5.89. The zero-order chi connectivity index (χ0) is 15.4. The molecule has 0 aromatic carbocycles. The van der Waals surface area contributed by atoms with E-state index in [1.165, 1.54) is 0 Å². The summed E-state index contributed by atoms with van der Waals surface area (Å²) in [5.74, 6) is 2.06. The predicted octanol–water partition coefficient (Wildman–Crippen LogP) is 3.06. The predicted molar refractivity (Wildman–Crippen MR) is 78.8 cm³/mol. The summed E-state index contributed by atoms with van der Waals surface area (Å²) in [5, 5.41) is 0. The summed E-state index contributed by atoms with van der Waals surface area (Å²) >= 11 is 0. The fourth-order valence-corrected chi connectivity index (χ4v) is 2.37. The number of Topliss-reactive ketones (excluding diaryl/α,β-unsaturated/α-hetero) is 1. The van der Waals surface area contributed by atoms with Crippen LogP contribution in [0.4, 0.5) is 0 Å². The molecule has 0 N–H and O–H groups in total. The van der Waals surface area contributed by atoms with Crippen molar-refractivity contribution in [2.75, 3.05) is 0 Å². The minimum absolute atomic E-state index is 0.171. The van der Waals surface area contributed by atoms with E-state index in [1.54, 1.807) is 12.2 Å². The summed E-state index contributed by atoms with van der Waals surface area (Å²) < 4.78 is 5.22. The standard InChI is InChI=1S/C17H22O3/c1-6-9-13-14(18)17(10-7-2,15(19)20-13)12-11-16(4,5)8-3/h3,6-7,13H,1-2,9-12H2,4-5H3/t13-,17+/m0/s1. The van der Waals surface area contributed by atoms with Gasteiger partial charge in [0.05, 0.1) is 0 Å². The van der Waals surface area contributed by atoms with Gasteiger partial charge in [-0.15, -0.1) is 25.5 Å². The smallest absolute Gasteiger partial charge is 0.320 e. The van der Waals surface area contributed by atoms with E-state index >= 15 is 0 Å². The first-order valence-electron chi connectivity index (χ1n) is 6.78. The van der Waals surface area contributed by atoms with Gasteiger partial charge >= 0.3 is 5.97 Å². The maximum atomic E-state index is 12.5. The van der Waals surface area contributed by atoms with Crippen molar-refractivity contribution in [3.05, 3.63) is 25.3 Å². The maximum absolute atomic E-state index is 12.5. The van der Waals surface area contributed by atoms with Crippen molar-refractivity contribution in [2.45, 2.75) is 45.6 Å². The maximum Gasteiger partial charge on any atom is 0.320 e. The van der Waals surface area contributed by atoms with Crippen LogP contribution < -0.4 is 0 Å². The highest BCUT2D eigenvalue weighted by molar-refractivity contribution is 6.11. The third kappa shape index (κ3) is 3.01. The zero-order valence-corrected chi connectivity index (χ0v) is 12.3. The van der Waals surface area contributed by atoms with E-state index in [1.807, 2.05) is 13.8 Å². The molecule has 1 aliphatic rings. The molecule has 1 rings (SSSR count). The Labute approximate surface area is 121 Å². The van der Waals surface area contributed by atoms with Gasteiger partial charge in [0.25, 0.3) is 0 Å². The summed E-state index contributed by atoms with van der Waals surface area (Å²) in [6.45, 7) is 11.1. The molecule has 3 nitrogen and oxygen atoms in total. The largest absolute Gasteiger partial charge is 0.453 e. The average molecular weight is 274 g/mol. The molecule has 0 spiro atoms. The monoisotopic (exact) mass is 274 g/mol. The highest BCUT2D eigenvalue weighted by Gasteiger charge is 2.55. The molecule has 1 heterocycles. The Morgan fingerprint density at radius 2 is 2.05 bits per heavy atom. The molecular weight excluding hydrogens is 252 g/mol. The first-order valence-corrected chi connectivity index (χ1v) is 6.78. The molecule has 108 valence electrons. The third-order valence-electron chi connectivity index (χ3n) is 3.85. The molecule has 0 bridgehead atoms. The molecule has 2 atom stereocenters. The van der Waals surface area contributed by atoms with Gasteiger partial charge in [-0.1, -0.05) is 12.2 Å². The lowest BCUT2D eigenvalue weighted by Gasteiger charge is -2.26. The lowest BCUT2D eigenvalue weighted by molar-refractivity contribution is -0.149. The number of hydrogen-bond acceptors (Lipinski definition) is 3. The van der Waals surface area contributed by atoms with Crippen LogP contribution in [-0.2, 0) is 14.3 Å². The zero-order valence-electron chi connectivity index (χ0n) is 12.3. The Hall–Kier alpha value is -1.82. The lowest BCUT2D eigenvalue weighted by atomic mass is 9.72. The van der Waals surface area contributed by atoms with E-state index < -0.39 is 17.5 Å². The number of allylic oxidation sites excluding steroid dienone is 1. The molecule has 20 heavy (non-hydrogen) atoms. The second kappa shape index (κ2) is 6.09. The SMILES string of the molecule is C#CC(C)(C)CC[C@@]1(CC=C)C(=O)O[C@@H](CC=C)C1=O. The summed E-state index contributed by atoms with van der Waals surface area (Å²) in [5.41, 5.74) is -1.48. The Balaban J connectivity index is 3.00. The topological polar surface area (TPSA) is 43.4 Å². The molecule has 3 heteroatoms. The number of rotatable bonds is 7. The van der Waals surface area contributed by atoms with Gasteiger partial charge in [0.1, 0.15) is 5.41 Å². The lowest BCUT2D eigenvalue weighted by Crippen LogP contribution is -2.36. The number of hydrogen-bond donors (Lipinski definition) is 0. The van der Waals surface area contributed by atoms with Gasteiger partial charge in [0.15, 0.2) is 11.9 Å². The summed E-state index contributed by atoms with van der Waals surface area (Å²) in [6, 6.07) is 0. The third-order valence-corrected chi connectivity index (χ3v) is 3.85. The number of ketones is 1. The quantitative estimate of drug-likeness (QED) is 0.310. The highest BCUT2D eigenvalue weighted by atomic mass is 16.6. The van der Waals surface area contributed by atoms with Crippen molar-refractivity contribution in [1.29, 1.82) is 0 Å². The molecule has 0 aliphatic carbocycles. The second-order valence-corrected chi connectivity index (χ2v) is 5.89. The number of carbonyl (C=O) groups excluding carboxylic acids is 2. The van der Waals surface area contributed by atoms with E-state index in [0.29, 0.717) is 25.7 Å². The van der Waals surface area contributed by atoms with Crippen molar-refractivity contribution >= 4 is 11.8 Å². The summed E-state index contributed by atoms with van der Waals surface area (Å²) in [4.78, 5) is 24.7. The Bertz CT molecular complexity index is 467. The average Bonchev–Trinajstić information content (AvgIpc) is 2.63. The minimum Gasteiger partial charge on any atom is -0.453 e. The molecule has 1 aliphatic heterocycles. The van der Waals surface area contributed by atoms with Crippen LogP contribution in [0.5, 0.6) is 0 Å². The van der Waals surface area contributed by atoms with E-state index in [4.69, 9.17) is 11.2 Å². The molecule has 0 amide bonds. The molecule has 0 radical (unpaired) electrons. The van der Waals surface area contributed by atoms with Gasteiger partial charge in [-0.05, 0) is 33.1 Å². The van der Waals surface area contributed by atoms with Crippen molar-refractivity contribution in [2.24, 2.45) is 10.8 Å². The van der Waals surface area contributed by atoms with Crippen LogP contribution in [0.1, 0.15) is 39.5 Å². The van der Waals surface area contributed by atoms with Crippen LogP contribution >= 0.6 is 0 Å². The van der Waals surface area contributed by atoms with Crippen LogP contribution in [0.2, 0.25) is 0 Å². The fraction of sp³-hybridized carbons (Fsp3) is 0.529. The number of cyclic esters (lactones) is 1. The van der Waals surface area contributed by atoms with E-state index in [0.717, 1.165) is 0 Å². The van der Waals surface area contributed by atoms with Crippen molar-refractivity contribution in [3.8, 4) is 12.3 Å².